The summed E-state index contributed by atoms with van der Waals surface area (Å²) in [4.78, 5) is 34.4. The van der Waals surface area contributed by atoms with Gasteiger partial charge in [-0.05, 0) is 37.1 Å². The molecule has 1 aliphatic rings. The van der Waals surface area contributed by atoms with Gasteiger partial charge in [0.1, 0.15) is 0 Å². The van der Waals surface area contributed by atoms with E-state index in [0.29, 0.717) is 16.9 Å². The van der Waals surface area contributed by atoms with E-state index in [1.54, 1.807) is 24.3 Å². The quantitative estimate of drug-likeness (QED) is 0.522. The minimum absolute atomic E-state index is 0.0370. The fourth-order valence-electron chi connectivity index (χ4n) is 2.37. The average molecular weight is 354 g/mol. The predicted molar refractivity (Wildman–Crippen MR) is 97.1 cm³/mol. The fourth-order valence-corrected chi connectivity index (χ4v) is 2.37. The first kappa shape index (κ1) is 17.4. The number of anilines is 2. The Morgan fingerprint density at radius 3 is 2.42 bits per heavy atom. The van der Waals surface area contributed by atoms with Crippen LogP contribution in [0.1, 0.15) is 23.2 Å². The average Bonchev–Trinajstić information content (AvgIpc) is 3.44. The zero-order valence-corrected chi connectivity index (χ0v) is 13.9. The van der Waals surface area contributed by atoms with E-state index in [1.165, 1.54) is 24.3 Å². The Labute approximate surface area is 149 Å². The number of hydrogen-bond donors (Lipinski definition) is 3. The standard InChI is InChI=1S/C18H18N4O4/c23-17(20-12-7-9-14(10-8-12)22(25)26)11-19-16-4-2-1-3-15(16)18(24)21-13-5-6-13/h1-4,7-10,13,19H,5-6,11H2,(H,20,23)(H,21,24). The molecule has 0 bridgehead atoms. The molecule has 2 aromatic rings. The lowest BCUT2D eigenvalue weighted by molar-refractivity contribution is -0.384. The first-order valence-electron chi connectivity index (χ1n) is 8.21. The van der Waals surface area contributed by atoms with Crippen LogP contribution >= 0.6 is 0 Å². The van der Waals surface area contributed by atoms with E-state index in [9.17, 15) is 19.7 Å². The maximum Gasteiger partial charge on any atom is 0.269 e. The maximum absolute atomic E-state index is 12.2. The van der Waals surface area contributed by atoms with Gasteiger partial charge in [0, 0.05) is 29.5 Å². The summed E-state index contributed by atoms with van der Waals surface area (Å²) in [5.41, 5.74) is 1.48. The molecule has 1 saturated carbocycles. The van der Waals surface area contributed by atoms with Crippen LogP contribution in [-0.4, -0.2) is 29.3 Å². The van der Waals surface area contributed by atoms with Crippen molar-refractivity contribution < 1.29 is 14.5 Å². The van der Waals surface area contributed by atoms with Crippen molar-refractivity contribution >= 4 is 28.9 Å². The molecule has 3 N–H and O–H groups in total. The first-order valence-corrected chi connectivity index (χ1v) is 8.21. The van der Waals surface area contributed by atoms with E-state index >= 15 is 0 Å². The van der Waals surface area contributed by atoms with Gasteiger partial charge in [-0.1, -0.05) is 12.1 Å². The third-order valence-corrected chi connectivity index (χ3v) is 3.89. The van der Waals surface area contributed by atoms with E-state index in [0.717, 1.165) is 12.8 Å². The number of non-ortho nitro benzene ring substituents is 1. The molecule has 0 atom stereocenters. The molecule has 0 aromatic heterocycles. The summed E-state index contributed by atoms with van der Waals surface area (Å²) in [6.07, 6.45) is 2.00. The van der Waals surface area contributed by atoms with Crippen LogP contribution in [-0.2, 0) is 4.79 Å². The number of benzene rings is 2. The Balaban J connectivity index is 1.57. The van der Waals surface area contributed by atoms with Gasteiger partial charge in [0.25, 0.3) is 11.6 Å². The number of nitro benzene ring substituents is 1. The van der Waals surface area contributed by atoms with Gasteiger partial charge >= 0.3 is 0 Å². The van der Waals surface area contributed by atoms with Crippen LogP contribution in [0.3, 0.4) is 0 Å². The molecule has 0 saturated heterocycles. The van der Waals surface area contributed by atoms with Crippen LogP contribution in [0.4, 0.5) is 17.1 Å². The van der Waals surface area contributed by atoms with E-state index in [4.69, 9.17) is 0 Å². The van der Waals surface area contributed by atoms with Crippen LogP contribution in [0.25, 0.3) is 0 Å². The molecule has 3 rings (SSSR count). The first-order chi connectivity index (χ1) is 12.5. The summed E-state index contributed by atoms with van der Waals surface area (Å²) in [5.74, 6) is -0.484. The number of nitrogens with one attached hydrogen (secondary N) is 3. The summed E-state index contributed by atoms with van der Waals surface area (Å²) >= 11 is 0. The van der Waals surface area contributed by atoms with Crippen LogP contribution in [0, 0.1) is 10.1 Å². The maximum atomic E-state index is 12.2. The van der Waals surface area contributed by atoms with Gasteiger partial charge in [-0.2, -0.15) is 0 Å². The summed E-state index contributed by atoms with van der Waals surface area (Å²) < 4.78 is 0. The second-order valence-electron chi connectivity index (χ2n) is 6.00. The van der Waals surface area contributed by atoms with E-state index < -0.39 is 4.92 Å². The normalized spacial score (nSPS) is 12.9. The third-order valence-electron chi connectivity index (χ3n) is 3.89. The highest BCUT2D eigenvalue weighted by atomic mass is 16.6. The third kappa shape index (κ3) is 4.56. The van der Waals surface area contributed by atoms with Crippen molar-refractivity contribution in [2.75, 3.05) is 17.2 Å². The van der Waals surface area contributed by atoms with Gasteiger partial charge in [0.05, 0.1) is 17.0 Å². The van der Waals surface area contributed by atoms with Crippen molar-refractivity contribution in [1.82, 2.24) is 5.32 Å². The van der Waals surface area contributed by atoms with Gasteiger partial charge in [0.15, 0.2) is 0 Å². The van der Waals surface area contributed by atoms with Crippen molar-refractivity contribution in [2.45, 2.75) is 18.9 Å². The molecule has 0 unspecified atom stereocenters. The second kappa shape index (κ2) is 7.64. The molecule has 26 heavy (non-hydrogen) atoms. The molecule has 0 aliphatic heterocycles. The lowest BCUT2D eigenvalue weighted by Gasteiger charge is -2.12. The fraction of sp³-hybridized carbons (Fsp3) is 0.222. The second-order valence-corrected chi connectivity index (χ2v) is 6.00. The number of amides is 2. The molecule has 134 valence electrons. The summed E-state index contributed by atoms with van der Waals surface area (Å²) in [5, 5.41) is 19.1. The number of nitrogens with zero attached hydrogens (tertiary/aromatic N) is 1. The number of nitro groups is 1. The molecular formula is C18H18N4O4. The summed E-state index contributed by atoms with van der Waals surface area (Å²) in [6, 6.07) is 12.8. The van der Waals surface area contributed by atoms with Crippen LogP contribution in [0.5, 0.6) is 0 Å². The van der Waals surface area contributed by atoms with Gasteiger partial charge in [-0.25, -0.2) is 0 Å². The lowest BCUT2D eigenvalue weighted by Crippen LogP contribution is -2.27. The van der Waals surface area contributed by atoms with Crippen LogP contribution in [0.15, 0.2) is 48.5 Å². The number of hydrogen-bond acceptors (Lipinski definition) is 5. The Morgan fingerprint density at radius 2 is 1.77 bits per heavy atom. The molecule has 0 radical (unpaired) electrons. The largest absolute Gasteiger partial charge is 0.376 e. The zero-order chi connectivity index (χ0) is 18.5. The van der Waals surface area contributed by atoms with Crippen molar-refractivity contribution in [3.05, 3.63) is 64.2 Å². The Morgan fingerprint density at radius 1 is 1.08 bits per heavy atom. The van der Waals surface area contributed by atoms with E-state index in [-0.39, 0.29) is 30.1 Å². The van der Waals surface area contributed by atoms with Gasteiger partial charge in [-0.3, -0.25) is 19.7 Å². The zero-order valence-electron chi connectivity index (χ0n) is 13.9. The highest BCUT2D eigenvalue weighted by Gasteiger charge is 2.24. The Kier molecular flexibility index (Phi) is 5.12. The van der Waals surface area contributed by atoms with Crippen LogP contribution in [0.2, 0.25) is 0 Å². The highest BCUT2D eigenvalue weighted by Crippen LogP contribution is 2.21. The smallest absolute Gasteiger partial charge is 0.269 e. The van der Waals surface area contributed by atoms with Crippen LogP contribution < -0.4 is 16.0 Å². The molecule has 0 spiro atoms. The number of carbonyl (C=O) groups is 2. The predicted octanol–water partition coefficient (Wildman–Crippen LogP) is 2.54. The molecule has 1 fully saturated rings. The van der Waals surface area contributed by atoms with Crippen molar-refractivity contribution in [3.63, 3.8) is 0 Å². The molecule has 8 heteroatoms. The Bertz CT molecular complexity index is 831. The number of rotatable bonds is 7. The topological polar surface area (TPSA) is 113 Å². The molecule has 0 heterocycles. The SMILES string of the molecule is O=C(CNc1ccccc1C(=O)NC1CC1)Nc1ccc([N+](=O)[O-])cc1. The van der Waals surface area contributed by atoms with Gasteiger partial charge < -0.3 is 16.0 Å². The molecular weight excluding hydrogens is 336 g/mol. The number of para-hydroxylation sites is 1. The minimum Gasteiger partial charge on any atom is -0.376 e. The van der Waals surface area contributed by atoms with E-state index in [1.807, 2.05) is 0 Å². The highest BCUT2D eigenvalue weighted by molar-refractivity contribution is 6.01. The molecule has 8 nitrogen and oxygen atoms in total. The van der Waals surface area contributed by atoms with Crippen molar-refractivity contribution in [1.29, 1.82) is 0 Å². The molecule has 1 aliphatic carbocycles. The van der Waals surface area contributed by atoms with Crippen molar-refractivity contribution in [2.24, 2.45) is 0 Å². The molecule has 2 amide bonds. The number of carbonyl (C=O) groups excluding carboxylic acids is 2. The van der Waals surface area contributed by atoms with E-state index in [2.05, 4.69) is 16.0 Å². The summed E-state index contributed by atoms with van der Waals surface area (Å²) in [7, 11) is 0. The van der Waals surface area contributed by atoms with Gasteiger partial charge in [0.2, 0.25) is 5.91 Å². The van der Waals surface area contributed by atoms with Gasteiger partial charge in [-0.15, -0.1) is 0 Å². The summed E-state index contributed by atoms with van der Waals surface area (Å²) in [6.45, 7) is -0.0370. The minimum atomic E-state index is -0.503. The van der Waals surface area contributed by atoms with Crippen molar-refractivity contribution in [3.8, 4) is 0 Å². The monoisotopic (exact) mass is 354 g/mol. The lowest BCUT2D eigenvalue weighted by atomic mass is 10.1. The Hall–Kier alpha value is -3.42. The molecule has 2 aromatic carbocycles.